The number of fused-ring (bicyclic) bond motifs is 1. The first kappa shape index (κ1) is 13.6. The molecule has 1 aromatic carbocycles. The molecule has 106 valence electrons. The molecule has 20 heavy (non-hydrogen) atoms. The second-order valence-corrected chi connectivity index (χ2v) is 5.77. The fourth-order valence-corrected chi connectivity index (χ4v) is 3.19. The van der Waals surface area contributed by atoms with Gasteiger partial charge in [-0.25, -0.2) is 0 Å². The van der Waals surface area contributed by atoms with E-state index in [9.17, 15) is 4.79 Å². The van der Waals surface area contributed by atoms with Crippen LogP contribution >= 0.6 is 12.6 Å². The Morgan fingerprint density at radius 3 is 2.80 bits per heavy atom. The molecular formula is C15H18N2O2S. The van der Waals surface area contributed by atoms with Crippen molar-refractivity contribution < 1.29 is 4.74 Å². The van der Waals surface area contributed by atoms with Crippen LogP contribution in [0.1, 0.15) is 12.8 Å². The van der Waals surface area contributed by atoms with E-state index in [0.717, 1.165) is 49.3 Å². The summed E-state index contributed by atoms with van der Waals surface area (Å²) < 4.78 is 7.40. The van der Waals surface area contributed by atoms with E-state index >= 15 is 0 Å². The first-order chi connectivity index (χ1) is 9.74. The van der Waals surface area contributed by atoms with Crippen LogP contribution in [0.3, 0.4) is 0 Å². The fourth-order valence-electron chi connectivity index (χ4n) is 2.78. The number of rotatable bonds is 3. The van der Waals surface area contributed by atoms with E-state index in [1.54, 1.807) is 0 Å². The molecule has 0 bridgehead atoms. The highest BCUT2D eigenvalue weighted by Crippen LogP contribution is 2.33. The van der Waals surface area contributed by atoms with Crippen molar-refractivity contribution in [1.82, 2.24) is 9.78 Å². The van der Waals surface area contributed by atoms with Crippen molar-refractivity contribution in [2.24, 2.45) is 5.41 Å². The largest absolute Gasteiger partial charge is 0.381 e. The van der Waals surface area contributed by atoms with Gasteiger partial charge in [-0.05, 0) is 30.7 Å². The number of nitrogens with zero attached hydrogens (tertiary/aromatic N) is 2. The highest BCUT2D eigenvalue weighted by molar-refractivity contribution is 7.80. The van der Waals surface area contributed by atoms with Gasteiger partial charge in [-0.15, -0.1) is 0 Å². The van der Waals surface area contributed by atoms with Gasteiger partial charge in [0.05, 0.1) is 11.7 Å². The molecule has 0 N–H and O–H groups in total. The van der Waals surface area contributed by atoms with Gasteiger partial charge in [-0.3, -0.25) is 9.48 Å². The van der Waals surface area contributed by atoms with E-state index in [1.807, 2.05) is 28.9 Å². The molecule has 1 aromatic heterocycles. The smallest absolute Gasteiger partial charge is 0.207 e. The maximum atomic E-state index is 11.9. The van der Waals surface area contributed by atoms with Gasteiger partial charge >= 0.3 is 0 Å². The second-order valence-electron chi connectivity index (χ2n) is 5.45. The predicted octanol–water partition coefficient (Wildman–Crippen LogP) is 2.12. The Morgan fingerprint density at radius 1 is 1.30 bits per heavy atom. The van der Waals surface area contributed by atoms with Crippen LogP contribution in [0.25, 0.3) is 10.9 Å². The molecule has 2 aromatic rings. The van der Waals surface area contributed by atoms with Crippen LogP contribution in [0.5, 0.6) is 0 Å². The van der Waals surface area contributed by atoms with E-state index in [0.29, 0.717) is 0 Å². The molecule has 1 aliphatic rings. The molecule has 5 heteroatoms. The summed E-state index contributed by atoms with van der Waals surface area (Å²) in [5, 5.41) is 5.05. The molecule has 4 nitrogen and oxygen atoms in total. The topological polar surface area (TPSA) is 44.1 Å². The van der Waals surface area contributed by atoms with Crippen LogP contribution in [0.2, 0.25) is 0 Å². The van der Waals surface area contributed by atoms with E-state index in [2.05, 4.69) is 17.7 Å². The van der Waals surface area contributed by atoms with Crippen molar-refractivity contribution in [2.45, 2.75) is 19.4 Å². The van der Waals surface area contributed by atoms with Crippen LogP contribution in [-0.2, 0) is 11.3 Å². The molecule has 0 saturated carbocycles. The quantitative estimate of drug-likeness (QED) is 0.881. The lowest BCUT2D eigenvalue weighted by atomic mass is 9.82. The van der Waals surface area contributed by atoms with Gasteiger partial charge in [0, 0.05) is 30.6 Å². The lowest BCUT2D eigenvalue weighted by Crippen LogP contribution is -2.36. The number of hydrogen-bond acceptors (Lipinski definition) is 4. The van der Waals surface area contributed by atoms with Gasteiger partial charge < -0.3 is 4.74 Å². The van der Waals surface area contributed by atoms with E-state index in [4.69, 9.17) is 4.74 Å². The molecule has 3 rings (SSSR count). The number of benzene rings is 1. The summed E-state index contributed by atoms with van der Waals surface area (Å²) in [5.41, 5.74) is 0.975. The van der Waals surface area contributed by atoms with Crippen molar-refractivity contribution in [2.75, 3.05) is 19.0 Å². The molecule has 0 aliphatic carbocycles. The predicted molar refractivity (Wildman–Crippen MR) is 82.3 cm³/mol. The first-order valence-electron chi connectivity index (χ1n) is 6.88. The Labute approximate surface area is 123 Å². The van der Waals surface area contributed by atoms with Crippen molar-refractivity contribution in [1.29, 1.82) is 0 Å². The van der Waals surface area contributed by atoms with Crippen LogP contribution < -0.4 is 5.43 Å². The molecule has 0 unspecified atom stereocenters. The van der Waals surface area contributed by atoms with Crippen molar-refractivity contribution >= 4 is 23.5 Å². The Bertz CT molecular complexity index is 662. The number of ether oxygens (including phenoxy) is 1. The standard InChI is InChI=1S/C15H18N2O2S/c18-14-9-16-17(13-4-2-1-3-12(13)14)10-15(11-20)5-7-19-8-6-15/h1-4,9,20H,5-8,10-11H2. The maximum Gasteiger partial charge on any atom is 0.207 e. The SMILES string of the molecule is O=c1cnn(CC2(CS)CCOCC2)c2ccccc12. The normalized spacial score (nSPS) is 18.2. The maximum absolute atomic E-state index is 11.9. The monoisotopic (exact) mass is 290 g/mol. The number of aromatic nitrogens is 2. The molecule has 1 aliphatic heterocycles. The third kappa shape index (κ3) is 2.47. The van der Waals surface area contributed by atoms with Gasteiger partial charge in [-0.2, -0.15) is 17.7 Å². The van der Waals surface area contributed by atoms with E-state index < -0.39 is 0 Å². The van der Waals surface area contributed by atoms with Gasteiger partial charge in [0.25, 0.3) is 0 Å². The minimum Gasteiger partial charge on any atom is -0.381 e. The molecule has 0 radical (unpaired) electrons. The van der Waals surface area contributed by atoms with E-state index in [-0.39, 0.29) is 10.8 Å². The summed E-state index contributed by atoms with van der Waals surface area (Å²) in [6.07, 6.45) is 3.38. The summed E-state index contributed by atoms with van der Waals surface area (Å²) >= 11 is 4.54. The summed E-state index contributed by atoms with van der Waals surface area (Å²) in [7, 11) is 0. The summed E-state index contributed by atoms with van der Waals surface area (Å²) in [6, 6.07) is 7.64. The zero-order chi connectivity index (χ0) is 14.0. The van der Waals surface area contributed by atoms with Crippen LogP contribution in [0, 0.1) is 5.41 Å². The Balaban J connectivity index is 2.02. The van der Waals surface area contributed by atoms with Crippen LogP contribution in [-0.4, -0.2) is 28.7 Å². The average Bonchev–Trinajstić information content (AvgIpc) is 2.51. The van der Waals surface area contributed by atoms with E-state index in [1.165, 1.54) is 6.20 Å². The molecule has 0 spiro atoms. The Kier molecular flexibility index (Phi) is 3.81. The molecule has 0 atom stereocenters. The molecule has 0 amide bonds. The fraction of sp³-hybridized carbons (Fsp3) is 0.467. The second kappa shape index (κ2) is 5.58. The highest BCUT2D eigenvalue weighted by atomic mass is 32.1. The highest BCUT2D eigenvalue weighted by Gasteiger charge is 2.32. The van der Waals surface area contributed by atoms with Gasteiger partial charge in [0.1, 0.15) is 0 Å². The summed E-state index contributed by atoms with van der Waals surface area (Å²) in [4.78, 5) is 11.9. The van der Waals surface area contributed by atoms with Crippen molar-refractivity contribution in [3.63, 3.8) is 0 Å². The molecule has 1 fully saturated rings. The molecule has 1 saturated heterocycles. The van der Waals surface area contributed by atoms with Crippen molar-refractivity contribution in [3.05, 3.63) is 40.7 Å². The minimum absolute atomic E-state index is 0.0243. The molecule has 2 heterocycles. The first-order valence-corrected chi connectivity index (χ1v) is 7.51. The number of para-hydroxylation sites is 1. The summed E-state index contributed by atoms with van der Waals surface area (Å²) in [6.45, 7) is 2.33. The minimum atomic E-state index is -0.0243. The lowest BCUT2D eigenvalue weighted by Gasteiger charge is -2.36. The lowest BCUT2D eigenvalue weighted by molar-refractivity contribution is 0.0170. The Morgan fingerprint density at radius 2 is 2.05 bits per heavy atom. The van der Waals surface area contributed by atoms with Crippen LogP contribution in [0.4, 0.5) is 0 Å². The number of hydrogen-bond donors (Lipinski definition) is 1. The zero-order valence-corrected chi connectivity index (χ0v) is 12.2. The van der Waals surface area contributed by atoms with Gasteiger partial charge in [-0.1, -0.05) is 12.1 Å². The number of thiol groups is 1. The third-order valence-corrected chi connectivity index (χ3v) is 4.81. The van der Waals surface area contributed by atoms with Crippen molar-refractivity contribution in [3.8, 4) is 0 Å². The van der Waals surface area contributed by atoms with Gasteiger partial charge in [0.15, 0.2) is 0 Å². The van der Waals surface area contributed by atoms with Crippen LogP contribution in [0.15, 0.2) is 35.3 Å². The summed E-state index contributed by atoms with van der Waals surface area (Å²) in [5.74, 6) is 0.804. The average molecular weight is 290 g/mol. The third-order valence-electron chi connectivity index (χ3n) is 4.14. The zero-order valence-electron chi connectivity index (χ0n) is 11.3. The van der Waals surface area contributed by atoms with Gasteiger partial charge in [0.2, 0.25) is 5.43 Å². The molecular weight excluding hydrogens is 272 g/mol. The Hall–Kier alpha value is -1.33.